The van der Waals surface area contributed by atoms with Crippen LogP contribution in [-0.2, 0) is 4.79 Å². The zero-order chi connectivity index (χ0) is 15.2. The summed E-state index contributed by atoms with van der Waals surface area (Å²) < 4.78 is 18.9. The molecule has 21 heavy (non-hydrogen) atoms. The molecule has 0 fully saturated rings. The van der Waals surface area contributed by atoms with Gasteiger partial charge in [-0.3, -0.25) is 4.79 Å². The van der Waals surface area contributed by atoms with Gasteiger partial charge in [-0.1, -0.05) is 36.5 Å². The second kappa shape index (κ2) is 6.81. The lowest BCUT2D eigenvalue weighted by atomic mass is 10.2. The lowest BCUT2D eigenvalue weighted by Crippen LogP contribution is -2.22. The van der Waals surface area contributed by atoms with E-state index in [1.165, 1.54) is 18.2 Å². The number of nitrogens with two attached hydrogens (primary N) is 1. The van der Waals surface area contributed by atoms with Gasteiger partial charge in [-0.25, -0.2) is 4.39 Å². The van der Waals surface area contributed by atoms with E-state index in [9.17, 15) is 9.18 Å². The molecule has 2 aromatic carbocycles. The van der Waals surface area contributed by atoms with Crippen LogP contribution in [0.4, 0.5) is 10.1 Å². The van der Waals surface area contributed by atoms with Crippen molar-refractivity contribution in [1.29, 1.82) is 0 Å². The number of hydrogen-bond donors (Lipinski definition) is 2. The van der Waals surface area contributed by atoms with E-state index < -0.39 is 5.82 Å². The summed E-state index contributed by atoms with van der Waals surface area (Å²) in [5.74, 6) is -0.798. The number of carbonyl (C=O) groups is 1. The summed E-state index contributed by atoms with van der Waals surface area (Å²) in [7, 11) is 0. The Morgan fingerprint density at radius 1 is 1.19 bits per heavy atom. The zero-order valence-corrected chi connectivity index (χ0v) is 11.8. The predicted molar refractivity (Wildman–Crippen MR) is 82.9 cm³/mol. The molecule has 2 aromatic rings. The van der Waals surface area contributed by atoms with Crippen LogP contribution in [0.1, 0.15) is 5.56 Å². The molecule has 0 unspecified atom stereocenters. The van der Waals surface area contributed by atoms with Gasteiger partial charge in [0.15, 0.2) is 6.61 Å². The van der Waals surface area contributed by atoms with Crippen molar-refractivity contribution in [3.63, 3.8) is 0 Å². The molecule has 6 heteroatoms. The van der Waals surface area contributed by atoms with Gasteiger partial charge in [0.2, 0.25) is 0 Å². The van der Waals surface area contributed by atoms with E-state index in [0.29, 0.717) is 5.69 Å². The summed E-state index contributed by atoms with van der Waals surface area (Å²) in [6.07, 6.45) is 0. The molecule has 0 heterocycles. The Labute approximate surface area is 126 Å². The molecule has 1 amide bonds. The number of para-hydroxylation sites is 1. The Kier molecular flexibility index (Phi) is 4.84. The topological polar surface area (TPSA) is 64.3 Å². The Balaban J connectivity index is 2.02. The van der Waals surface area contributed by atoms with Gasteiger partial charge >= 0.3 is 0 Å². The highest BCUT2D eigenvalue weighted by atomic mass is 32.1. The van der Waals surface area contributed by atoms with Crippen molar-refractivity contribution < 1.29 is 13.9 Å². The lowest BCUT2D eigenvalue weighted by molar-refractivity contribution is -0.118. The van der Waals surface area contributed by atoms with Gasteiger partial charge in [0.1, 0.15) is 16.6 Å². The van der Waals surface area contributed by atoms with Gasteiger partial charge in [-0.15, -0.1) is 0 Å². The first-order valence-electron chi connectivity index (χ1n) is 6.14. The van der Waals surface area contributed by atoms with Gasteiger partial charge in [0.05, 0.1) is 5.56 Å². The molecule has 108 valence electrons. The smallest absolute Gasteiger partial charge is 0.262 e. The van der Waals surface area contributed by atoms with Gasteiger partial charge in [0.25, 0.3) is 5.91 Å². The van der Waals surface area contributed by atoms with Crippen LogP contribution >= 0.6 is 12.2 Å². The first-order chi connectivity index (χ1) is 10.1. The van der Waals surface area contributed by atoms with Gasteiger partial charge in [0, 0.05) is 5.69 Å². The van der Waals surface area contributed by atoms with Crippen LogP contribution in [0.15, 0.2) is 48.5 Å². The van der Waals surface area contributed by atoms with Crippen LogP contribution in [0.3, 0.4) is 0 Å². The summed E-state index contributed by atoms with van der Waals surface area (Å²) in [5, 5.41) is 2.65. The van der Waals surface area contributed by atoms with Crippen LogP contribution in [0.25, 0.3) is 0 Å². The van der Waals surface area contributed by atoms with Crippen molar-refractivity contribution in [3.05, 3.63) is 59.9 Å². The minimum Gasteiger partial charge on any atom is -0.483 e. The number of nitrogens with one attached hydrogen (secondary N) is 1. The van der Waals surface area contributed by atoms with Crippen LogP contribution in [0.2, 0.25) is 0 Å². The maximum Gasteiger partial charge on any atom is 0.262 e. The monoisotopic (exact) mass is 304 g/mol. The average Bonchev–Trinajstić information content (AvgIpc) is 2.45. The van der Waals surface area contributed by atoms with Gasteiger partial charge < -0.3 is 15.8 Å². The highest BCUT2D eigenvalue weighted by molar-refractivity contribution is 7.80. The molecular formula is C15H13FN2O2S. The molecule has 3 N–H and O–H groups in total. The van der Waals surface area contributed by atoms with Gasteiger partial charge in [-0.2, -0.15) is 0 Å². The Morgan fingerprint density at radius 2 is 1.90 bits per heavy atom. The average molecular weight is 304 g/mol. The number of anilines is 1. The highest BCUT2D eigenvalue weighted by Gasteiger charge is 2.13. The van der Waals surface area contributed by atoms with Gasteiger partial charge in [-0.05, 0) is 24.3 Å². The number of thiocarbonyl (C=S) groups is 1. The predicted octanol–water partition coefficient (Wildman–Crippen LogP) is 2.48. The van der Waals surface area contributed by atoms with E-state index >= 15 is 0 Å². The minimum absolute atomic E-state index is 0.0000103. The molecule has 0 bridgehead atoms. The van der Waals surface area contributed by atoms with Crippen molar-refractivity contribution in [2.45, 2.75) is 0 Å². The molecule has 0 atom stereocenters. The molecule has 0 saturated carbocycles. The molecule has 0 aliphatic heterocycles. The third-order valence-electron chi connectivity index (χ3n) is 2.64. The Bertz CT molecular complexity index is 662. The first kappa shape index (κ1) is 14.9. The minimum atomic E-state index is -0.580. The maximum atomic E-state index is 13.6. The fourth-order valence-electron chi connectivity index (χ4n) is 1.73. The molecular weight excluding hydrogens is 291 g/mol. The molecule has 0 radical (unpaired) electrons. The second-order valence-corrected chi connectivity index (χ2v) is 4.62. The van der Waals surface area contributed by atoms with Crippen LogP contribution in [0, 0.1) is 5.82 Å². The molecule has 2 rings (SSSR count). The molecule has 0 aliphatic rings. The van der Waals surface area contributed by atoms with Crippen LogP contribution in [-0.4, -0.2) is 17.5 Å². The fourth-order valence-corrected chi connectivity index (χ4v) is 1.92. The first-order valence-corrected chi connectivity index (χ1v) is 6.55. The van der Waals surface area contributed by atoms with E-state index in [2.05, 4.69) is 5.32 Å². The zero-order valence-electron chi connectivity index (χ0n) is 11.0. The molecule has 0 aliphatic carbocycles. The van der Waals surface area contributed by atoms with Crippen LogP contribution < -0.4 is 15.8 Å². The number of rotatable bonds is 5. The number of hydrogen-bond acceptors (Lipinski definition) is 3. The SMILES string of the molecule is NC(=S)c1c(F)cccc1OCC(=O)Nc1ccccc1. The number of halogens is 1. The maximum absolute atomic E-state index is 13.6. The van der Waals surface area contributed by atoms with E-state index in [1.54, 1.807) is 24.3 Å². The van der Waals surface area contributed by atoms with Crippen molar-refractivity contribution >= 4 is 28.8 Å². The molecule has 0 spiro atoms. The number of carbonyl (C=O) groups excluding carboxylic acids is 1. The normalized spacial score (nSPS) is 9.95. The Hall–Kier alpha value is -2.47. The fraction of sp³-hybridized carbons (Fsp3) is 0.0667. The van der Waals surface area contributed by atoms with E-state index in [1.807, 2.05) is 6.07 Å². The Morgan fingerprint density at radius 3 is 2.57 bits per heavy atom. The quantitative estimate of drug-likeness (QED) is 0.833. The second-order valence-electron chi connectivity index (χ2n) is 4.18. The lowest BCUT2D eigenvalue weighted by Gasteiger charge is -2.11. The molecule has 0 saturated heterocycles. The number of ether oxygens (including phenoxy) is 1. The van der Waals surface area contributed by atoms with Crippen molar-refractivity contribution in [3.8, 4) is 5.75 Å². The van der Waals surface area contributed by atoms with Crippen molar-refractivity contribution in [2.75, 3.05) is 11.9 Å². The van der Waals surface area contributed by atoms with Crippen molar-refractivity contribution in [2.24, 2.45) is 5.73 Å². The largest absolute Gasteiger partial charge is 0.483 e. The van der Waals surface area contributed by atoms with E-state index in [4.69, 9.17) is 22.7 Å². The molecule has 4 nitrogen and oxygen atoms in total. The molecule has 0 aromatic heterocycles. The summed E-state index contributed by atoms with van der Waals surface area (Å²) in [4.78, 5) is 11.6. The van der Waals surface area contributed by atoms with E-state index in [0.717, 1.165) is 0 Å². The third kappa shape index (κ3) is 4.00. The standard InChI is InChI=1S/C15H13FN2O2S/c16-11-7-4-8-12(14(11)15(17)21)20-9-13(19)18-10-5-2-1-3-6-10/h1-8H,9H2,(H2,17,21)(H,18,19). The summed E-state index contributed by atoms with van der Waals surface area (Å²) in [6.45, 7) is -0.270. The van der Waals surface area contributed by atoms with Crippen molar-refractivity contribution in [1.82, 2.24) is 0 Å². The summed E-state index contributed by atoms with van der Waals surface area (Å²) in [5.41, 5.74) is 6.11. The van der Waals surface area contributed by atoms with E-state index in [-0.39, 0.29) is 28.8 Å². The third-order valence-corrected chi connectivity index (χ3v) is 2.84. The number of benzene rings is 2. The van der Waals surface area contributed by atoms with Crippen LogP contribution in [0.5, 0.6) is 5.75 Å². The summed E-state index contributed by atoms with van der Waals surface area (Å²) in [6, 6.07) is 13.1. The number of amides is 1. The summed E-state index contributed by atoms with van der Waals surface area (Å²) >= 11 is 4.78. The highest BCUT2D eigenvalue weighted by Crippen LogP contribution is 2.21.